The molecule has 3 nitrogen and oxygen atoms in total. The van der Waals surface area contributed by atoms with Crippen LogP contribution in [0, 0.1) is 17.8 Å². The Labute approximate surface area is 271 Å². The second-order valence-electron chi connectivity index (χ2n) is 13.3. The van der Waals surface area contributed by atoms with Gasteiger partial charge in [-0.1, -0.05) is 103 Å². The first-order chi connectivity index (χ1) is 22.8. The lowest BCUT2D eigenvalue weighted by atomic mass is 9.66. The fourth-order valence-corrected chi connectivity index (χ4v) is 9.03. The monoisotopic (exact) mass is 593 g/mol. The van der Waals surface area contributed by atoms with E-state index in [-0.39, 0.29) is 12.0 Å². The number of aliphatic imine (C=N–C) groups is 1. The van der Waals surface area contributed by atoms with E-state index in [1.807, 2.05) is 6.21 Å². The summed E-state index contributed by atoms with van der Waals surface area (Å²) in [6.45, 7) is 0. The molecule has 9 aliphatic rings. The van der Waals surface area contributed by atoms with E-state index in [2.05, 4.69) is 156 Å². The molecule has 10 rings (SSSR count). The Balaban J connectivity index is 1.10. The Hall–Kier alpha value is -5.15. The summed E-state index contributed by atoms with van der Waals surface area (Å²) in [5, 5.41) is 0. The largest absolute Gasteiger partial charge is 0.358 e. The predicted molar refractivity (Wildman–Crippen MR) is 189 cm³/mol. The van der Waals surface area contributed by atoms with Gasteiger partial charge in [0.25, 0.3) is 0 Å². The minimum Gasteiger partial charge on any atom is -0.358 e. The minimum absolute atomic E-state index is 0.0831. The van der Waals surface area contributed by atoms with E-state index in [4.69, 9.17) is 4.99 Å². The molecule has 0 N–H and O–H groups in total. The fourth-order valence-electron chi connectivity index (χ4n) is 9.03. The lowest BCUT2D eigenvalue weighted by Gasteiger charge is -2.42. The number of nitrogens with zero attached hydrogens (tertiary/aromatic N) is 3. The Morgan fingerprint density at radius 2 is 1.67 bits per heavy atom. The Morgan fingerprint density at radius 3 is 2.59 bits per heavy atom. The highest BCUT2D eigenvalue weighted by Gasteiger charge is 2.47. The lowest BCUT2D eigenvalue weighted by molar-refractivity contribution is 0.309. The molecule has 1 saturated heterocycles. The summed E-state index contributed by atoms with van der Waals surface area (Å²) in [6.07, 6.45) is 48.7. The van der Waals surface area contributed by atoms with Crippen molar-refractivity contribution in [3.05, 3.63) is 196 Å². The zero-order valence-corrected chi connectivity index (χ0v) is 25.7. The van der Waals surface area contributed by atoms with E-state index in [0.29, 0.717) is 23.9 Å². The second-order valence-corrected chi connectivity index (χ2v) is 13.3. The number of para-hydroxylation sites is 1. The highest BCUT2D eigenvalue weighted by molar-refractivity contribution is 5.80. The minimum atomic E-state index is 0.0831. The number of hydrogen-bond donors (Lipinski definition) is 0. The van der Waals surface area contributed by atoms with Crippen LogP contribution in [0.15, 0.2) is 201 Å². The molecule has 0 aromatic heterocycles. The van der Waals surface area contributed by atoms with Gasteiger partial charge in [0.1, 0.15) is 6.04 Å². The highest BCUT2D eigenvalue weighted by Crippen LogP contribution is 2.52. The zero-order valence-electron chi connectivity index (χ0n) is 25.7. The molecule has 3 heteroatoms. The lowest BCUT2D eigenvalue weighted by Crippen LogP contribution is -2.36. The number of benzene rings is 1. The van der Waals surface area contributed by atoms with E-state index in [1.165, 1.54) is 56.2 Å². The van der Waals surface area contributed by atoms with Crippen LogP contribution in [-0.2, 0) is 0 Å². The maximum absolute atomic E-state index is 4.91. The summed E-state index contributed by atoms with van der Waals surface area (Å²) in [7, 11) is 0. The highest BCUT2D eigenvalue weighted by atomic mass is 15.2. The molecular formula is C43H35N3. The van der Waals surface area contributed by atoms with Crippen molar-refractivity contribution < 1.29 is 0 Å². The maximum atomic E-state index is 4.91. The van der Waals surface area contributed by atoms with Crippen LogP contribution in [0.3, 0.4) is 0 Å². The third-order valence-corrected chi connectivity index (χ3v) is 11.0. The van der Waals surface area contributed by atoms with E-state index in [9.17, 15) is 0 Å². The zero-order chi connectivity index (χ0) is 30.2. The number of likely N-dealkylation sites (tertiary alicyclic amines) is 1. The van der Waals surface area contributed by atoms with Crippen LogP contribution in [0.5, 0.6) is 0 Å². The fraction of sp³-hybridized carbons (Fsp3) is 0.186. The second kappa shape index (κ2) is 10.2. The van der Waals surface area contributed by atoms with Gasteiger partial charge >= 0.3 is 0 Å². The van der Waals surface area contributed by atoms with E-state index in [1.54, 1.807) is 0 Å². The molecule has 0 bridgehead atoms. The molecule has 6 atom stereocenters. The van der Waals surface area contributed by atoms with Crippen molar-refractivity contribution in [1.82, 2.24) is 4.90 Å². The summed E-state index contributed by atoms with van der Waals surface area (Å²) in [4.78, 5) is 10.1. The molecule has 0 radical (unpaired) electrons. The Morgan fingerprint density at radius 1 is 0.761 bits per heavy atom. The molecule has 222 valence electrons. The number of fused-ring (bicyclic) bond motifs is 5. The van der Waals surface area contributed by atoms with Gasteiger partial charge in [0.15, 0.2) is 0 Å². The number of rotatable bonds is 4. The first-order valence-electron chi connectivity index (χ1n) is 16.8. The molecule has 0 spiro atoms. The van der Waals surface area contributed by atoms with Gasteiger partial charge in [-0.05, 0) is 88.8 Å². The van der Waals surface area contributed by atoms with Crippen molar-refractivity contribution >= 4 is 11.9 Å². The SMILES string of the molecule is C1=CC2=CC3=C4C(=CC=C5C=CC(N(C6=CC7C8C=CC=CC8N(C8=CCCC=C8)C7C=C6)c6ccccc6)=C(C=C3)C54)C2N=C1. The first kappa shape index (κ1) is 26.1. The van der Waals surface area contributed by atoms with E-state index in [0.717, 1.165) is 12.8 Å². The van der Waals surface area contributed by atoms with Crippen LogP contribution in [-0.4, -0.2) is 29.2 Å². The molecule has 6 unspecified atom stereocenters. The van der Waals surface area contributed by atoms with E-state index < -0.39 is 0 Å². The maximum Gasteiger partial charge on any atom is 0.100 e. The average Bonchev–Trinajstić information content (AvgIpc) is 3.45. The third-order valence-electron chi connectivity index (χ3n) is 11.0. The summed E-state index contributed by atoms with van der Waals surface area (Å²) < 4.78 is 0. The number of anilines is 1. The van der Waals surface area contributed by atoms with Crippen molar-refractivity contribution in [2.75, 3.05) is 4.90 Å². The van der Waals surface area contributed by atoms with Crippen molar-refractivity contribution in [2.24, 2.45) is 22.7 Å². The Kier molecular flexibility index (Phi) is 5.78. The van der Waals surface area contributed by atoms with Crippen LogP contribution in [0.1, 0.15) is 12.8 Å². The van der Waals surface area contributed by atoms with Crippen LogP contribution < -0.4 is 4.90 Å². The molecule has 1 aromatic carbocycles. The first-order valence-corrected chi connectivity index (χ1v) is 16.8. The molecule has 7 aliphatic carbocycles. The van der Waals surface area contributed by atoms with Crippen LogP contribution >= 0.6 is 0 Å². The smallest absolute Gasteiger partial charge is 0.100 e. The molecule has 2 heterocycles. The molecule has 46 heavy (non-hydrogen) atoms. The quantitative estimate of drug-likeness (QED) is 0.348. The Bertz CT molecular complexity index is 2020. The molecule has 1 aromatic rings. The number of hydrogen-bond acceptors (Lipinski definition) is 3. The van der Waals surface area contributed by atoms with Crippen molar-refractivity contribution in [2.45, 2.75) is 31.0 Å². The summed E-state index contributed by atoms with van der Waals surface area (Å²) in [5.41, 5.74) is 13.1. The number of dihydropyridines is 1. The third kappa shape index (κ3) is 3.81. The molecular weight excluding hydrogens is 558 g/mol. The molecule has 0 saturated carbocycles. The van der Waals surface area contributed by atoms with Crippen molar-refractivity contribution in [1.29, 1.82) is 0 Å². The van der Waals surface area contributed by atoms with Crippen LogP contribution in [0.4, 0.5) is 5.69 Å². The number of allylic oxidation sites excluding steroid dienone is 17. The predicted octanol–water partition coefficient (Wildman–Crippen LogP) is 8.71. The van der Waals surface area contributed by atoms with E-state index >= 15 is 0 Å². The standard InChI is InChI=1S/C43H35N3/c1-3-11-31(12-4-1)45(33-20-24-40-37(27-33)34-15-7-8-16-38(34)46(40)32-13-5-2-6-14-32)39-23-19-28-17-22-36-42-29(18-21-35(39)41(28)42)26-30-10-9-25-44-43(30)36/h1,3-5,7-27,34,37-38,40-41,43H,2,6H2. The van der Waals surface area contributed by atoms with Gasteiger partial charge in [0.05, 0.1) is 17.8 Å². The van der Waals surface area contributed by atoms with Gasteiger partial charge in [0.2, 0.25) is 0 Å². The molecule has 1 fully saturated rings. The van der Waals surface area contributed by atoms with Gasteiger partial charge in [-0.15, -0.1) is 0 Å². The van der Waals surface area contributed by atoms with Gasteiger partial charge < -0.3 is 9.80 Å². The van der Waals surface area contributed by atoms with Gasteiger partial charge in [-0.2, -0.15) is 0 Å². The van der Waals surface area contributed by atoms with Crippen molar-refractivity contribution in [3.8, 4) is 0 Å². The van der Waals surface area contributed by atoms with Crippen LogP contribution in [0.2, 0.25) is 0 Å². The normalized spacial score (nSPS) is 31.9. The molecule has 0 amide bonds. The topological polar surface area (TPSA) is 18.8 Å². The van der Waals surface area contributed by atoms with Crippen LogP contribution in [0.25, 0.3) is 0 Å². The van der Waals surface area contributed by atoms with Gasteiger partial charge in [-0.25, -0.2) is 0 Å². The summed E-state index contributed by atoms with van der Waals surface area (Å²) in [5.74, 6) is 1.01. The summed E-state index contributed by atoms with van der Waals surface area (Å²) >= 11 is 0. The van der Waals surface area contributed by atoms with Crippen molar-refractivity contribution in [3.63, 3.8) is 0 Å². The van der Waals surface area contributed by atoms with Gasteiger partial charge in [-0.3, -0.25) is 4.99 Å². The molecule has 2 aliphatic heterocycles. The average molecular weight is 594 g/mol. The van der Waals surface area contributed by atoms with Gasteiger partial charge in [0, 0.05) is 41.0 Å². The summed E-state index contributed by atoms with van der Waals surface area (Å²) in [6, 6.07) is 11.7.